The molecule has 2 fully saturated rings. The third-order valence-electron chi connectivity index (χ3n) is 3.31. The Morgan fingerprint density at radius 3 is 2.62 bits per heavy atom. The average molecular weight is 183 g/mol. The molecule has 2 rings (SSSR count). The summed E-state index contributed by atoms with van der Waals surface area (Å²) in [5.41, 5.74) is -0.148. The first-order valence-electron chi connectivity index (χ1n) is 5.09. The summed E-state index contributed by atoms with van der Waals surface area (Å²) in [6.45, 7) is 0.824. The van der Waals surface area contributed by atoms with Crippen LogP contribution in [0.4, 0.5) is 0 Å². The van der Waals surface area contributed by atoms with Crippen LogP contribution in [0.5, 0.6) is 0 Å². The largest absolute Gasteiger partial charge is 0.469 e. The van der Waals surface area contributed by atoms with Gasteiger partial charge in [-0.3, -0.25) is 4.79 Å². The number of ether oxygens (including phenoxy) is 1. The Morgan fingerprint density at radius 2 is 2.23 bits per heavy atom. The maximum absolute atomic E-state index is 11.4. The van der Waals surface area contributed by atoms with Crippen molar-refractivity contribution < 1.29 is 9.53 Å². The third kappa shape index (κ3) is 1.70. The first-order valence-corrected chi connectivity index (χ1v) is 5.09. The highest BCUT2D eigenvalue weighted by Crippen LogP contribution is 2.46. The number of hydrogen-bond acceptors (Lipinski definition) is 3. The van der Waals surface area contributed by atoms with E-state index in [1.165, 1.54) is 26.4 Å². The maximum Gasteiger partial charge on any atom is 0.313 e. The minimum absolute atomic E-state index is 0.0284. The molecule has 0 heterocycles. The normalized spacial score (nSPS) is 25.0. The van der Waals surface area contributed by atoms with Gasteiger partial charge in [0.05, 0.1) is 12.5 Å². The van der Waals surface area contributed by atoms with Gasteiger partial charge in [0.15, 0.2) is 0 Å². The molecule has 1 N–H and O–H groups in total. The number of rotatable bonds is 4. The van der Waals surface area contributed by atoms with Crippen molar-refractivity contribution >= 4 is 5.97 Å². The van der Waals surface area contributed by atoms with Crippen molar-refractivity contribution in [3.8, 4) is 0 Å². The molecule has 2 aliphatic carbocycles. The number of carbonyl (C=O) groups is 1. The van der Waals surface area contributed by atoms with Crippen molar-refractivity contribution in [3.05, 3.63) is 0 Å². The minimum atomic E-state index is -0.148. The SMILES string of the molecule is COC(=O)C1(CNC2CCC2)CC1. The zero-order valence-corrected chi connectivity index (χ0v) is 8.14. The second kappa shape index (κ2) is 3.29. The van der Waals surface area contributed by atoms with E-state index in [4.69, 9.17) is 4.74 Å². The van der Waals surface area contributed by atoms with Gasteiger partial charge < -0.3 is 10.1 Å². The van der Waals surface area contributed by atoms with Crippen LogP contribution in [-0.4, -0.2) is 25.7 Å². The highest BCUT2D eigenvalue weighted by Gasteiger charge is 2.51. The Morgan fingerprint density at radius 1 is 1.54 bits per heavy atom. The second-order valence-corrected chi connectivity index (χ2v) is 4.28. The van der Waals surface area contributed by atoms with Gasteiger partial charge in [0, 0.05) is 12.6 Å². The van der Waals surface area contributed by atoms with Crippen LogP contribution >= 0.6 is 0 Å². The van der Waals surface area contributed by atoms with Crippen molar-refractivity contribution in [1.29, 1.82) is 0 Å². The standard InChI is InChI=1S/C10H17NO2/c1-13-9(12)10(5-6-10)7-11-8-3-2-4-8/h8,11H,2-7H2,1H3. The average Bonchev–Trinajstić information content (AvgIpc) is 2.82. The molecule has 74 valence electrons. The van der Waals surface area contributed by atoms with E-state index in [1.54, 1.807) is 0 Å². The Kier molecular flexibility index (Phi) is 2.28. The molecule has 2 aliphatic rings. The van der Waals surface area contributed by atoms with Crippen LogP contribution in [0, 0.1) is 5.41 Å². The van der Waals surface area contributed by atoms with Gasteiger partial charge in [-0.2, -0.15) is 0 Å². The van der Waals surface area contributed by atoms with Crippen LogP contribution in [-0.2, 0) is 9.53 Å². The monoisotopic (exact) mass is 183 g/mol. The molecule has 0 unspecified atom stereocenters. The Balaban J connectivity index is 1.76. The number of carbonyl (C=O) groups excluding carboxylic acids is 1. The summed E-state index contributed by atoms with van der Waals surface area (Å²) in [7, 11) is 1.48. The van der Waals surface area contributed by atoms with Crippen LogP contribution in [0.15, 0.2) is 0 Å². The summed E-state index contributed by atoms with van der Waals surface area (Å²) in [6.07, 6.45) is 5.89. The van der Waals surface area contributed by atoms with Crippen LogP contribution in [0.1, 0.15) is 32.1 Å². The summed E-state index contributed by atoms with van der Waals surface area (Å²) in [5.74, 6) is -0.0284. The van der Waals surface area contributed by atoms with Crippen LogP contribution in [0.2, 0.25) is 0 Å². The Bertz CT molecular complexity index is 207. The fourth-order valence-electron chi connectivity index (χ4n) is 1.77. The van der Waals surface area contributed by atoms with E-state index >= 15 is 0 Å². The fraction of sp³-hybridized carbons (Fsp3) is 0.900. The summed E-state index contributed by atoms with van der Waals surface area (Å²) in [4.78, 5) is 11.4. The highest BCUT2D eigenvalue weighted by molar-refractivity contribution is 5.80. The quantitative estimate of drug-likeness (QED) is 0.663. The van der Waals surface area contributed by atoms with E-state index in [1.807, 2.05) is 0 Å². The predicted octanol–water partition coefficient (Wildman–Crippen LogP) is 1.08. The lowest BCUT2D eigenvalue weighted by atomic mass is 9.92. The topological polar surface area (TPSA) is 38.3 Å². The molecule has 0 radical (unpaired) electrons. The fourth-order valence-corrected chi connectivity index (χ4v) is 1.77. The molecule has 0 spiro atoms. The summed E-state index contributed by atoms with van der Waals surface area (Å²) < 4.78 is 4.78. The molecule has 0 aromatic heterocycles. The van der Waals surface area contributed by atoms with E-state index in [-0.39, 0.29) is 11.4 Å². The summed E-state index contributed by atoms with van der Waals surface area (Å²) in [5, 5.41) is 3.44. The van der Waals surface area contributed by atoms with E-state index in [9.17, 15) is 4.79 Å². The van der Waals surface area contributed by atoms with Gasteiger partial charge in [-0.05, 0) is 25.7 Å². The first-order chi connectivity index (χ1) is 6.27. The van der Waals surface area contributed by atoms with Crippen molar-refractivity contribution in [1.82, 2.24) is 5.32 Å². The van der Waals surface area contributed by atoms with Crippen LogP contribution in [0.25, 0.3) is 0 Å². The summed E-state index contributed by atoms with van der Waals surface area (Å²) >= 11 is 0. The van der Waals surface area contributed by atoms with E-state index < -0.39 is 0 Å². The molecule has 0 atom stereocenters. The lowest BCUT2D eigenvalue weighted by Crippen LogP contribution is -2.41. The number of hydrogen-bond donors (Lipinski definition) is 1. The number of nitrogens with one attached hydrogen (secondary N) is 1. The molecule has 0 aliphatic heterocycles. The molecule has 3 heteroatoms. The molecule has 0 aromatic rings. The van der Waals surface area contributed by atoms with Gasteiger partial charge in [-0.1, -0.05) is 6.42 Å². The van der Waals surface area contributed by atoms with Gasteiger partial charge in [0.25, 0.3) is 0 Å². The molecule has 2 saturated carbocycles. The molecular weight excluding hydrogens is 166 g/mol. The maximum atomic E-state index is 11.4. The van der Waals surface area contributed by atoms with E-state index in [0.29, 0.717) is 6.04 Å². The molecule has 3 nitrogen and oxygen atoms in total. The van der Waals surface area contributed by atoms with Crippen molar-refractivity contribution in [3.63, 3.8) is 0 Å². The van der Waals surface area contributed by atoms with Crippen molar-refractivity contribution in [2.24, 2.45) is 5.41 Å². The third-order valence-corrected chi connectivity index (χ3v) is 3.31. The molecule has 13 heavy (non-hydrogen) atoms. The predicted molar refractivity (Wildman–Crippen MR) is 49.3 cm³/mol. The van der Waals surface area contributed by atoms with Gasteiger partial charge in [-0.15, -0.1) is 0 Å². The Hall–Kier alpha value is -0.570. The van der Waals surface area contributed by atoms with E-state index in [0.717, 1.165) is 19.4 Å². The molecular formula is C10H17NO2. The second-order valence-electron chi connectivity index (χ2n) is 4.28. The van der Waals surface area contributed by atoms with Gasteiger partial charge in [0.1, 0.15) is 0 Å². The summed E-state index contributed by atoms with van der Waals surface area (Å²) in [6, 6.07) is 0.669. The molecule has 0 amide bonds. The lowest BCUT2D eigenvalue weighted by Gasteiger charge is -2.28. The molecule has 0 aromatic carbocycles. The van der Waals surface area contributed by atoms with Gasteiger partial charge >= 0.3 is 5.97 Å². The zero-order valence-electron chi connectivity index (χ0n) is 8.14. The minimum Gasteiger partial charge on any atom is -0.469 e. The zero-order chi connectivity index (χ0) is 9.31. The smallest absolute Gasteiger partial charge is 0.313 e. The van der Waals surface area contributed by atoms with Crippen molar-refractivity contribution in [2.75, 3.05) is 13.7 Å². The number of methoxy groups -OCH3 is 1. The first kappa shape index (κ1) is 9.00. The van der Waals surface area contributed by atoms with Crippen LogP contribution in [0.3, 0.4) is 0 Å². The molecule has 0 saturated heterocycles. The number of esters is 1. The lowest BCUT2D eigenvalue weighted by molar-refractivity contribution is -0.147. The van der Waals surface area contributed by atoms with Gasteiger partial charge in [0.2, 0.25) is 0 Å². The Labute approximate surface area is 78.8 Å². The van der Waals surface area contributed by atoms with Crippen molar-refractivity contribution in [2.45, 2.75) is 38.1 Å². The van der Waals surface area contributed by atoms with Gasteiger partial charge in [-0.25, -0.2) is 0 Å². The van der Waals surface area contributed by atoms with Crippen LogP contribution < -0.4 is 5.32 Å². The van der Waals surface area contributed by atoms with E-state index in [2.05, 4.69) is 5.32 Å². The highest BCUT2D eigenvalue weighted by atomic mass is 16.5. The molecule has 0 bridgehead atoms.